The second kappa shape index (κ2) is 39.1. The van der Waals surface area contributed by atoms with Gasteiger partial charge in [0.05, 0.1) is 12.0 Å². The van der Waals surface area contributed by atoms with Crippen LogP contribution in [-0.4, -0.2) is 35.3 Å². The van der Waals surface area contributed by atoms with Gasteiger partial charge in [0.1, 0.15) is 12.4 Å². The van der Waals surface area contributed by atoms with E-state index in [4.69, 9.17) is 0 Å². The van der Waals surface area contributed by atoms with E-state index < -0.39 is 22.5 Å². The van der Waals surface area contributed by atoms with Crippen LogP contribution in [0.1, 0.15) is 88.4 Å². The minimum atomic E-state index is -0.498. The van der Waals surface area contributed by atoms with Crippen LogP contribution < -0.4 is 22.5 Å². The minimum absolute atomic E-state index is 0.0752. The maximum absolute atomic E-state index is 11.8. The van der Waals surface area contributed by atoms with Crippen molar-refractivity contribution in [2.45, 2.75) is 61.3 Å². The Morgan fingerprint density at radius 3 is 1.05 bits per heavy atom. The first-order valence-electron chi connectivity index (χ1n) is 18.4. The van der Waals surface area contributed by atoms with Crippen LogP contribution in [0, 0.1) is 11.3 Å². The first kappa shape index (κ1) is 57.6. The van der Waals surface area contributed by atoms with Crippen molar-refractivity contribution in [3.05, 3.63) is 198 Å². The second-order valence-electron chi connectivity index (χ2n) is 9.63. The van der Waals surface area contributed by atoms with Crippen LogP contribution in [0.3, 0.4) is 0 Å². The molecule has 0 aliphatic rings. The molecule has 0 saturated heterocycles. The molecule has 0 spiro atoms. The number of ketones is 1. The van der Waals surface area contributed by atoms with Crippen molar-refractivity contribution in [3.8, 4) is 6.07 Å². The fourth-order valence-corrected chi connectivity index (χ4v) is 3.80. The topological polar surface area (TPSA) is 176 Å². The quantitative estimate of drug-likeness (QED) is 0.130. The number of carbonyl (C=O) groups is 1. The molecule has 0 atom stereocenters. The van der Waals surface area contributed by atoms with E-state index in [9.17, 15) is 29.2 Å². The van der Waals surface area contributed by atoms with Crippen molar-refractivity contribution in [2.75, 3.05) is 0 Å². The number of rotatable bonds is 4. The summed E-state index contributed by atoms with van der Waals surface area (Å²) in [6.45, 7) is 16.0. The van der Waals surface area contributed by atoms with Gasteiger partial charge in [-0.05, 0) is 11.1 Å². The fraction of sp³-hybridized carbons (Fsp3) is 0.256. The van der Waals surface area contributed by atoms with Crippen LogP contribution in [0.4, 0.5) is 0 Å². The molecule has 0 unspecified atom stereocenters. The summed E-state index contributed by atoms with van der Waals surface area (Å²) < 4.78 is 2.09. The molecular formula is C43H55I2N7O5V. The molecule has 0 fully saturated rings. The monoisotopic (exact) mass is 1050 g/mol. The van der Waals surface area contributed by atoms with E-state index >= 15 is 0 Å². The average molecular weight is 1050 g/mol. The van der Waals surface area contributed by atoms with Crippen LogP contribution >= 0.6 is 40.0 Å². The molecule has 0 aliphatic carbocycles. The molecular weight excluding hydrogens is 999 g/mol. The van der Waals surface area contributed by atoms with E-state index in [0.29, 0.717) is 9.47 Å². The van der Waals surface area contributed by atoms with E-state index in [1.54, 1.807) is 0 Å². The number of hydrogen-bond donors (Lipinski definition) is 2. The zero-order valence-corrected chi connectivity index (χ0v) is 40.5. The van der Waals surface area contributed by atoms with Gasteiger partial charge in [0.15, 0.2) is 5.78 Å². The molecule has 0 amide bonds. The van der Waals surface area contributed by atoms with Crippen molar-refractivity contribution < 1.29 is 14.3 Å². The first-order chi connectivity index (χ1) is 28.1. The van der Waals surface area contributed by atoms with Crippen LogP contribution in [-0.2, 0) is 23.6 Å². The molecule has 0 saturated carbocycles. The van der Waals surface area contributed by atoms with Gasteiger partial charge in [0.2, 0.25) is 0 Å². The van der Waals surface area contributed by atoms with Gasteiger partial charge in [-0.3, -0.25) is 24.4 Å². The fourth-order valence-electron chi connectivity index (χ4n) is 3.80. The zero-order valence-electron chi connectivity index (χ0n) is 34.8. The Balaban J connectivity index is -0.000000653. The average Bonchev–Trinajstić information content (AvgIpc) is 3.29. The number of halogens is 2. The molecule has 0 radical (unpaired) electrons. The summed E-state index contributed by atoms with van der Waals surface area (Å²) in [4.78, 5) is 57.5. The van der Waals surface area contributed by atoms with Crippen molar-refractivity contribution in [1.82, 2.24) is 29.5 Å². The number of aromatic nitrogens is 6. The maximum atomic E-state index is 11.8. The summed E-state index contributed by atoms with van der Waals surface area (Å²) in [6.07, 6.45) is 2.09. The molecule has 58 heavy (non-hydrogen) atoms. The summed E-state index contributed by atoms with van der Waals surface area (Å²) >= 11 is 4.74. The van der Waals surface area contributed by atoms with E-state index in [0.717, 1.165) is 44.0 Å². The van der Waals surface area contributed by atoms with Crippen molar-refractivity contribution in [3.63, 3.8) is 0 Å². The Labute approximate surface area is 371 Å². The first-order valence-corrected chi connectivity index (χ1v) is 27.4. The summed E-state index contributed by atoms with van der Waals surface area (Å²) in [5.74, 6) is -0.0846. The van der Waals surface area contributed by atoms with Crippen molar-refractivity contribution >= 4 is 45.7 Å². The number of aryl methyl sites for hydroxylation is 2. The molecule has 2 aromatic heterocycles. The second-order valence-corrected chi connectivity index (χ2v) is 21.4. The Bertz CT molecular complexity index is 2010. The van der Waals surface area contributed by atoms with Crippen LogP contribution in [0.2, 0.25) is 0 Å². The predicted octanol–water partition coefficient (Wildman–Crippen LogP) is 9.07. The summed E-state index contributed by atoms with van der Waals surface area (Å²) in [6, 6.07) is 40.7. The molecule has 6 aromatic rings. The number of hydrogen-bond acceptors (Lipinski definition) is 8. The van der Waals surface area contributed by atoms with Crippen molar-refractivity contribution in [2.24, 2.45) is 14.1 Å². The SMILES string of the molecule is CC.CC.CC.CC.Cn1ncc(=O)[nH]c1=O.Cn1ncc(=O)[nH]c1=O.N#CC(c1ccccc1)c1ccccc1.O=C(c1ccccc1)c1ccccc1.[I][V][I]. The summed E-state index contributed by atoms with van der Waals surface area (Å²) in [5, 5.41) is 16.1. The molecule has 4 aromatic carbocycles. The van der Waals surface area contributed by atoms with Gasteiger partial charge in [-0.2, -0.15) is 15.5 Å². The van der Waals surface area contributed by atoms with Gasteiger partial charge < -0.3 is 0 Å². The Morgan fingerprint density at radius 2 is 0.828 bits per heavy atom. The molecule has 0 aliphatic heterocycles. The predicted molar refractivity (Wildman–Crippen MR) is 250 cm³/mol. The standard InChI is InChI=1S/C14H11N.C13H10O.2C4H5N3O2.4C2H6.2HI.V/c15-11-14(12-7-3-1-4-8-12)13-9-5-2-6-10-13;14-13(11-7-3-1-4-8-11)12-9-5-2-6-10-12;2*1-7-4(9)6-3(8)2-5-7;4*1-2;;;/h1-10,14H;1-10H;2*2H,1H3,(H,6,8,9);4*1-2H3;2*1H;/q;;;;;;;;;;+2/p-2. The number of carbonyl (C=O) groups excluding carboxylic acids is 1. The van der Waals surface area contributed by atoms with Crippen LogP contribution in [0.5, 0.6) is 0 Å². The number of nitrogens with zero attached hydrogens (tertiary/aromatic N) is 5. The molecule has 2 N–H and O–H groups in total. The number of benzene rings is 4. The van der Waals surface area contributed by atoms with Gasteiger partial charge >= 0.3 is 60.8 Å². The van der Waals surface area contributed by atoms with Gasteiger partial charge in [-0.25, -0.2) is 19.0 Å². The van der Waals surface area contributed by atoms with E-state index in [1.807, 2.05) is 187 Å². The molecule has 2 heterocycles. The van der Waals surface area contributed by atoms with Gasteiger partial charge in [-0.1, -0.05) is 177 Å². The third-order valence-corrected chi connectivity index (χ3v) is 6.21. The third kappa shape index (κ3) is 25.5. The van der Waals surface area contributed by atoms with E-state index in [-0.39, 0.29) is 11.7 Å². The Hall–Kier alpha value is -4.70. The number of nitrogens with one attached hydrogen (secondary N) is 2. The third-order valence-electron chi connectivity index (χ3n) is 6.21. The summed E-state index contributed by atoms with van der Waals surface area (Å²) in [5.41, 5.74) is 1.62. The molecule has 15 heteroatoms. The Morgan fingerprint density at radius 1 is 0.569 bits per heavy atom. The van der Waals surface area contributed by atoms with E-state index in [1.165, 1.54) is 14.1 Å². The van der Waals surface area contributed by atoms with Crippen LogP contribution in [0.15, 0.2) is 153 Å². The van der Waals surface area contributed by atoms with Gasteiger partial charge in [-0.15, -0.1) is 0 Å². The molecule has 12 nitrogen and oxygen atoms in total. The Kier molecular flexibility index (Phi) is 38.9. The normalized spacial score (nSPS) is 8.48. The van der Waals surface area contributed by atoms with E-state index in [2.05, 4.69) is 56.2 Å². The number of aromatic amines is 2. The van der Waals surface area contributed by atoms with Crippen LogP contribution in [0.25, 0.3) is 0 Å². The van der Waals surface area contributed by atoms with Crippen molar-refractivity contribution in [1.29, 1.82) is 5.26 Å². The molecule has 6 rings (SSSR count). The van der Waals surface area contributed by atoms with Gasteiger partial charge in [0, 0.05) is 25.2 Å². The molecule has 0 bridgehead atoms. The number of nitriles is 1. The van der Waals surface area contributed by atoms with Gasteiger partial charge in [0.25, 0.3) is 11.1 Å². The molecule has 311 valence electrons. The summed E-state index contributed by atoms with van der Waals surface area (Å²) in [7, 11) is 3.54. The number of H-pyrrole nitrogens is 2. The zero-order chi connectivity index (χ0) is 44.7.